The SMILES string of the molecule is C=C(C)c1cn2c3c(cc(F)cc13)CCC2. The van der Waals surface area contributed by atoms with Crippen molar-refractivity contribution in [1.82, 2.24) is 4.57 Å². The number of aryl methyl sites for hydroxylation is 2. The van der Waals surface area contributed by atoms with Crippen molar-refractivity contribution >= 4 is 16.5 Å². The lowest BCUT2D eigenvalue weighted by Gasteiger charge is -2.15. The molecule has 16 heavy (non-hydrogen) atoms. The molecule has 0 fully saturated rings. The molecule has 1 aromatic heterocycles. The number of benzene rings is 1. The highest BCUT2D eigenvalue weighted by molar-refractivity contribution is 5.94. The maximum absolute atomic E-state index is 13.5. The van der Waals surface area contributed by atoms with Crippen LogP contribution in [0.15, 0.2) is 24.9 Å². The van der Waals surface area contributed by atoms with Crippen molar-refractivity contribution in [3.8, 4) is 0 Å². The summed E-state index contributed by atoms with van der Waals surface area (Å²) in [5.74, 6) is -0.135. The van der Waals surface area contributed by atoms with Crippen LogP contribution in [-0.2, 0) is 13.0 Å². The van der Waals surface area contributed by atoms with Gasteiger partial charge < -0.3 is 4.57 Å². The van der Waals surface area contributed by atoms with Crippen LogP contribution >= 0.6 is 0 Å². The molecule has 0 aliphatic carbocycles. The van der Waals surface area contributed by atoms with E-state index in [0.717, 1.165) is 41.5 Å². The molecule has 1 aliphatic heterocycles. The minimum Gasteiger partial charge on any atom is -0.347 e. The maximum Gasteiger partial charge on any atom is 0.124 e. The second kappa shape index (κ2) is 3.21. The van der Waals surface area contributed by atoms with Crippen molar-refractivity contribution < 1.29 is 4.39 Å². The molecule has 0 atom stereocenters. The molecule has 2 heteroatoms. The maximum atomic E-state index is 13.5. The summed E-state index contributed by atoms with van der Waals surface area (Å²) >= 11 is 0. The van der Waals surface area contributed by atoms with Gasteiger partial charge in [-0.2, -0.15) is 0 Å². The summed E-state index contributed by atoms with van der Waals surface area (Å²) < 4.78 is 15.8. The van der Waals surface area contributed by atoms with Gasteiger partial charge in [-0.25, -0.2) is 4.39 Å². The van der Waals surface area contributed by atoms with Crippen LogP contribution in [0.5, 0.6) is 0 Å². The zero-order chi connectivity index (χ0) is 11.3. The summed E-state index contributed by atoms with van der Waals surface area (Å²) in [6.45, 7) is 6.97. The largest absolute Gasteiger partial charge is 0.347 e. The molecule has 0 radical (unpaired) electrons. The van der Waals surface area contributed by atoms with E-state index in [2.05, 4.69) is 17.3 Å². The Balaban J connectivity index is 2.45. The van der Waals surface area contributed by atoms with Crippen LogP contribution in [0.25, 0.3) is 16.5 Å². The summed E-state index contributed by atoms with van der Waals surface area (Å²) in [4.78, 5) is 0. The first kappa shape index (κ1) is 9.64. The van der Waals surface area contributed by atoms with Crippen molar-refractivity contribution in [2.75, 3.05) is 0 Å². The van der Waals surface area contributed by atoms with Gasteiger partial charge in [0.1, 0.15) is 5.82 Å². The Morgan fingerprint density at radius 3 is 3.00 bits per heavy atom. The van der Waals surface area contributed by atoms with E-state index in [-0.39, 0.29) is 5.82 Å². The molecule has 3 rings (SSSR count). The van der Waals surface area contributed by atoms with Gasteiger partial charge in [0.15, 0.2) is 0 Å². The number of aromatic nitrogens is 1. The predicted molar refractivity (Wildman–Crippen MR) is 64.9 cm³/mol. The van der Waals surface area contributed by atoms with Crippen molar-refractivity contribution in [3.63, 3.8) is 0 Å². The second-order valence-corrected chi connectivity index (χ2v) is 4.58. The molecule has 0 spiro atoms. The third-order valence-corrected chi connectivity index (χ3v) is 3.32. The summed E-state index contributed by atoms with van der Waals surface area (Å²) in [5, 5.41) is 1.02. The van der Waals surface area contributed by atoms with Crippen LogP contribution in [0.4, 0.5) is 4.39 Å². The van der Waals surface area contributed by atoms with Gasteiger partial charge in [0, 0.05) is 23.7 Å². The molecule has 0 saturated carbocycles. The van der Waals surface area contributed by atoms with Crippen LogP contribution in [0.2, 0.25) is 0 Å². The first-order valence-corrected chi connectivity index (χ1v) is 5.64. The zero-order valence-corrected chi connectivity index (χ0v) is 9.39. The average Bonchev–Trinajstić information content (AvgIpc) is 2.59. The quantitative estimate of drug-likeness (QED) is 0.682. The molecule has 2 aromatic rings. The first-order chi connectivity index (χ1) is 7.66. The van der Waals surface area contributed by atoms with Crippen LogP contribution in [0, 0.1) is 5.82 Å². The Hall–Kier alpha value is -1.57. The van der Waals surface area contributed by atoms with Crippen molar-refractivity contribution in [3.05, 3.63) is 41.9 Å². The fourth-order valence-corrected chi connectivity index (χ4v) is 2.64. The van der Waals surface area contributed by atoms with Crippen molar-refractivity contribution in [2.24, 2.45) is 0 Å². The van der Waals surface area contributed by atoms with Crippen LogP contribution in [-0.4, -0.2) is 4.57 Å². The lowest BCUT2D eigenvalue weighted by Crippen LogP contribution is -2.06. The summed E-state index contributed by atoms with van der Waals surface area (Å²) in [6, 6.07) is 3.30. The van der Waals surface area contributed by atoms with E-state index in [1.807, 2.05) is 6.92 Å². The smallest absolute Gasteiger partial charge is 0.124 e. The van der Waals surface area contributed by atoms with E-state index in [4.69, 9.17) is 0 Å². The molecule has 0 N–H and O–H groups in total. The monoisotopic (exact) mass is 215 g/mol. The first-order valence-electron chi connectivity index (χ1n) is 5.64. The molecular weight excluding hydrogens is 201 g/mol. The van der Waals surface area contributed by atoms with E-state index in [1.54, 1.807) is 12.1 Å². The summed E-state index contributed by atoms with van der Waals surface area (Å²) in [5.41, 5.74) is 4.42. The third kappa shape index (κ3) is 1.22. The highest BCUT2D eigenvalue weighted by atomic mass is 19.1. The number of hydrogen-bond donors (Lipinski definition) is 0. The Kier molecular flexibility index (Phi) is 1.93. The van der Waals surface area contributed by atoms with E-state index in [1.165, 1.54) is 5.52 Å². The van der Waals surface area contributed by atoms with Crippen molar-refractivity contribution in [1.29, 1.82) is 0 Å². The molecule has 1 nitrogen and oxygen atoms in total. The van der Waals surface area contributed by atoms with E-state index in [9.17, 15) is 4.39 Å². The summed E-state index contributed by atoms with van der Waals surface area (Å²) in [7, 11) is 0. The lowest BCUT2D eigenvalue weighted by molar-refractivity contribution is 0.611. The molecule has 1 aliphatic rings. The normalized spacial score (nSPS) is 14.4. The average molecular weight is 215 g/mol. The number of allylic oxidation sites excluding steroid dienone is 1. The zero-order valence-electron chi connectivity index (χ0n) is 9.39. The van der Waals surface area contributed by atoms with Gasteiger partial charge in [-0.15, -0.1) is 0 Å². The minimum absolute atomic E-state index is 0.135. The number of nitrogens with zero attached hydrogens (tertiary/aromatic N) is 1. The minimum atomic E-state index is -0.135. The standard InChI is InChI=1S/C14H14FN/c1-9(2)13-8-16-5-3-4-10-6-11(15)7-12(13)14(10)16/h6-8H,1,3-5H2,2H3. The molecule has 2 heterocycles. The fourth-order valence-electron chi connectivity index (χ4n) is 2.64. The van der Waals surface area contributed by atoms with Gasteiger partial charge in [-0.1, -0.05) is 6.58 Å². The molecule has 0 unspecified atom stereocenters. The lowest BCUT2D eigenvalue weighted by atomic mass is 10.0. The molecular formula is C14H14FN. The fraction of sp³-hybridized carbons (Fsp3) is 0.286. The molecule has 82 valence electrons. The number of hydrogen-bond acceptors (Lipinski definition) is 0. The predicted octanol–water partition coefficient (Wildman–Crippen LogP) is 3.76. The Morgan fingerprint density at radius 1 is 1.44 bits per heavy atom. The highest BCUT2D eigenvalue weighted by Gasteiger charge is 2.17. The van der Waals surface area contributed by atoms with E-state index >= 15 is 0 Å². The molecule has 0 amide bonds. The van der Waals surface area contributed by atoms with Gasteiger partial charge >= 0.3 is 0 Å². The third-order valence-electron chi connectivity index (χ3n) is 3.32. The topological polar surface area (TPSA) is 4.93 Å². The van der Waals surface area contributed by atoms with Crippen LogP contribution in [0.1, 0.15) is 24.5 Å². The Morgan fingerprint density at radius 2 is 2.25 bits per heavy atom. The van der Waals surface area contributed by atoms with Gasteiger partial charge in [-0.05, 0) is 43.0 Å². The van der Waals surface area contributed by atoms with E-state index < -0.39 is 0 Å². The van der Waals surface area contributed by atoms with Gasteiger partial charge in [-0.3, -0.25) is 0 Å². The Labute approximate surface area is 94.2 Å². The second-order valence-electron chi connectivity index (χ2n) is 4.58. The number of halogens is 1. The molecule has 1 aromatic carbocycles. The highest BCUT2D eigenvalue weighted by Crippen LogP contribution is 2.33. The van der Waals surface area contributed by atoms with Gasteiger partial charge in [0.05, 0.1) is 5.52 Å². The Bertz CT molecular complexity index is 592. The van der Waals surface area contributed by atoms with E-state index in [0.29, 0.717) is 0 Å². The van der Waals surface area contributed by atoms with Crippen molar-refractivity contribution in [2.45, 2.75) is 26.3 Å². The van der Waals surface area contributed by atoms with Gasteiger partial charge in [0.2, 0.25) is 0 Å². The number of rotatable bonds is 1. The van der Waals surface area contributed by atoms with Crippen LogP contribution in [0.3, 0.4) is 0 Å². The van der Waals surface area contributed by atoms with Crippen LogP contribution < -0.4 is 0 Å². The van der Waals surface area contributed by atoms with Gasteiger partial charge in [0.25, 0.3) is 0 Å². The summed E-state index contributed by atoms with van der Waals surface area (Å²) in [6.07, 6.45) is 4.18. The molecule has 0 bridgehead atoms. The molecule has 0 saturated heterocycles.